The summed E-state index contributed by atoms with van der Waals surface area (Å²) in [4.78, 5) is 0. The lowest BCUT2D eigenvalue weighted by molar-refractivity contribution is -0.0118. The second-order valence-electron chi connectivity index (χ2n) is 4.58. The fourth-order valence-corrected chi connectivity index (χ4v) is 1.90. The molecule has 0 amide bonds. The summed E-state index contributed by atoms with van der Waals surface area (Å²) in [5.41, 5.74) is 6.06. The van der Waals surface area contributed by atoms with Gasteiger partial charge in [-0.3, -0.25) is 0 Å². The topological polar surface area (TPSA) is 64.7 Å². The minimum atomic E-state index is -0.728. The van der Waals surface area contributed by atoms with Gasteiger partial charge < -0.3 is 20.3 Å². The van der Waals surface area contributed by atoms with Gasteiger partial charge in [0.25, 0.3) is 0 Å². The maximum Gasteiger partial charge on any atom is 0.126 e. The van der Waals surface area contributed by atoms with E-state index < -0.39 is 17.7 Å². The van der Waals surface area contributed by atoms with Crippen molar-refractivity contribution in [3.05, 3.63) is 23.8 Å². The third-order valence-electron chi connectivity index (χ3n) is 3.05. The molecule has 2 rings (SSSR count). The predicted molar refractivity (Wildman–Crippen MR) is 67.9 cm³/mol. The number of aliphatic hydroxyl groups excluding tert-OH is 1. The number of ether oxygens (including phenoxy) is 2. The Morgan fingerprint density at radius 1 is 1.41 bits per heavy atom. The Bertz CT molecular complexity index is 409. The maximum absolute atomic E-state index is 10.1. The summed E-state index contributed by atoms with van der Waals surface area (Å²) in [6.07, 6.45) is -0.728. The molecule has 17 heavy (non-hydrogen) atoms. The van der Waals surface area contributed by atoms with Crippen molar-refractivity contribution in [3.63, 3.8) is 0 Å². The zero-order chi connectivity index (χ0) is 11.9. The van der Waals surface area contributed by atoms with Gasteiger partial charge >= 0.3 is 0 Å². The zero-order valence-corrected chi connectivity index (χ0v) is 11.0. The second kappa shape index (κ2) is 4.72. The number of rotatable bonds is 1. The van der Waals surface area contributed by atoms with E-state index in [1.165, 1.54) is 0 Å². The van der Waals surface area contributed by atoms with Crippen LogP contribution < -0.4 is 15.2 Å². The van der Waals surface area contributed by atoms with Gasteiger partial charge in [-0.2, -0.15) is 0 Å². The van der Waals surface area contributed by atoms with E-state index in [4.69, 9.17) is 15.2 Å². The number of benzene rings is 1. The molecular formula is C12H18ClNO3. The van der Waals surface area contributed by atoms with Gasteiger partial charge in [-0.1, -0.05) is 0 Å². The summed E-state index contributed by atoms with van der Waals surface area (Å²) < 4.78 is 10.9. The van der Waals surface area contributed by atoms with Gasteiger partial charge in [0.1, 0.15) is 23.2 Å². The average Bonchev–Trinajstić information content (AvgIpc) is 2.25. The van der Waals surface area contributed by atoms with Crippen LogP contribution in [0.2, 0.25) is 0 Å². The molecule has 0 aromatic heterocycles. The van der Waals surface area contributed by atoms with Crippen molar-refractivity contribution >= 4 is 12.4 Å². The van der Waals surface area contributed by atoms with Crippen molar-refractivity contribution in [2.75, 3.05) is 7.11 Å². The highest BCUT2D eigenvalue weighted by molar-refractivity contribution is 5.85. The number of nitrogens with two attached hydrogens (primary N) is 1. The molecule has 1 aromatic rings. The number of fused-ring (bicyclic) bond motifs is 1. The Labute approximate surface area is 107 Å². The fraction of sp³-hybridized carbons (Fsp3) is 0.500. The first-order chi connectivity index (χ1) is 7.45. The normalized spacial score (nSPS) is 25.2. The molecule has 2 unspecified atom stereocenters. The van der Waals surface area contributed by atoms with E-state index in [0.717, 1.165) is 0 Å². The molecule has 1 aliphatic rings. The van der Waals surface area contributed by atoms with Crippen molar-refractivity contribution in [1.82, 2.24) is 0 Å². The molecule has 0 aliphatic carbocycles. The Hall–Kier alpha value is -0.970. The van der Waals surface area contributed by atoms with Crippen LogP contribution in [0.1, 0.15) is 25.5 Å². The Morgan fingerprint density at radius 2 is 2.06 bits per heavy atom. The SMILES string of the molecule is COc1ccc2c(c1)C(O)C(N)C(C)(C)O2.Cl. The smallest absolute Gasteiger partial charge is 0.126 e. The fourth-order valence-electron chi connectivity index (χ4n) is 1.90. The molecule has 0 saturated heterocycles. The van der Waals surface area contributed by atoms with E-state index in [1.54, 1.807) is 25.3 Å². The van der Waals surface area contributed by atoms with Crippen LogP contribution in [-0.2, 0) is 0 Å². The van der Waals surface area contributed by atoms with Crippen LogP contribution >= 0.6 is 12.4 Å². The third-order valence-corrected chi connectivity index (χ3v) is 3.05. The molecule has 3 N–H and O–H groups in total. The van der Waals surface area contributed by atoms with E-state index in [2.05, 4.69) is 0 Å². The lowest BCUT2D eigenvalue weighted by Crippen LogP contribution is -2.53. The van der Waals surface area contributed by atoms with E-state index in [9.17, 15) is 5.11 Å². The Morgan fingerprint density at radius 3 is 2.65 bits per heavy atom. The van der Waals surface area contributed by atoms with Crippen LogP contribution in [0.4, 0.5) is 0 Å². The van der Waals surface area contributed by atoms with Gasteiger partial charge in [0, 0.05) is 5.56 Å². The van der Waals surface area contributed by atoms with Crippen molar-refractivity contribution in [3.8, 4) is 11.5 Å². The van der Waals surface area contributed by atoms with Crippen LogP contribution in [0.15, 0.2) is 18.2 Å². The molecule has 5 heteroatoms. The van der Waals surface area contributed by atoms with E-state index in [-0.39, 0.29) is 12.4 Å². The summed E-state index contributed by atoms with van der Waals surface area (Å²) in [6, 6.07) is 4.91. The van der Waals surface area contributed by atoms with E-state index >= 15 is 0 Å². The second-order valence-corrected chi connectivity index (χ2v) is 4.58. The molecule has 0 fully saturated rings. The highest BCUT2D eigenvalue weighted by Gasteiger charge is 2.40. The Balaban J connectivity index is 0.00000144. The quantitative estimate of drug-likeness (QED) is 0.805. The van der Waals surface area contributed by atoms with E-state index in [1.807, 2.05) is 13.8 Å². The van der Waals surface area contributed by atoms with Gasteiger partial charge in [0.15, 0.2) is 0 Å². The van der Waals surface area contributed by atoms with Crippen LogP contribution in [-0.4, -0.2) is 23.9 Å². The van der Waals surface area contributed by atoms with Crippen molar-refractivity contribution in [2.24, 2.45) is 5.73 Å². The lowest BCUT2D eigenvalue weighted by Gasteiger charge is -2.40. The van der Waals surface area contributed by atoms with Gasteiger partial charge in [-0.25, -0.2) is 0 Å². The lowest BCUT2D eigenvalue weighted by atomic mass is 9.87. The highest BCUT2D eigenvalue weighted by atomic mass is 35.5. The van der Waals surface area contributed by atoms with Crippen LogP contribution in [0.5, 0.6) is 11.5 Å². The molecule has 0 bridgehead atoms. The van der Waals surface area contributed by atoms with Crippen molar-refractivity contribution in [1.29, 1.82) is 0 Å². The first-order valence-electron chi connectivity index (χ1n) is 5.26. The van der Waals surface area contributed by atoms with Gasteiger partial charge in [-0.15, -0.1) is 12.4 Å². The van der Waals surface area contributed by atoms with Gasteiger partial charge in [0.2, 0.25) is 0 Å². The number of hydrogen-bond donors (Lipinski definition) is 2. The first-order valence-corrected chi connectivity index (χ1v) is 5.26. The maximum atomic E-state index is 10.1. The summed E-state index contributed by atoms with van der Waals surface area (Å²) in [5.74, 6) is 1.35. The Kier molecular flexibility index (Phi) is 3.91. The molecule has 2 atom stereocenters. The van der Waals surface area contributed by atoms with Gasteiger partial charge in [-0.05, 0) is 32.0 Å². The summed E-state index contributed by atoms with van der Waals surface area (Å²) in [7, 11) is 1.58. The minimum Gasteiger partial charge on any atom is -0.497 e. The standard InChI is InChI=1S/C12H17NO3.ClH/c1-12(2)11(13)10(14)8-6-7(15-3)4-5-9(8)16-12;/h4-6,10-11,14H,13H2,1-3H3;1H. The average molecular weight is 260 g/mol. The number of hydrogen-bond acceptors (Lipinski definition) is 4. The zero-order valence-electron chi connectivity index (χ0n) is 10.1. The summed E-state index contributed by atoms with van der Waals surface area (Å²) >= 11 is 0. The third kappa shape index (κ3) is 2.34. The molecular weight excluding hydrogens is 242 g/mol. The monoisotopic (exact) mass is 259 g/mol. The molecule has 96 valence electrons. The summed E-state index contributed by atoms with van der Waals surface area (Å²) in [6.45, 7) is 3.74. The van der Waals surface area contributed by atoms with Crippen molar-refractivity contribution < 1.29 is 14.6 Å². The molecule has 0 radical (unpaired) electrons. The number of methoxy groups -OCH3 is 1. The predicted octanol–water partition coefficient (Wildman–Crippen LogP) is 1.65. The van der Waals surface area contributed by atoms with Crippen LogP contribution in [0.25, 0.3) is 0 Å². The van der Waals surface area contributed by atoms with Crippen molar-refractivity contribution in [2.45, 2.75) is 31.6 Å². The highest BCUT2D eigenvalue weighted by Crippen LogP contribution is 2.40. The summed E-state index contributed by atoms with van der Waals surface area (Å²) in [5, 5.41) is 10.1. The molecule has 1 heterocycles. The largest absolute Gasteiger partial charge is 0.497 e. The molecule has 1 aromatic carbocycles. The molecule has 0 spiro atoms. The van der Waals surface area contributed by atoms with Gasteiger partial charge in [0.05, 0.1) is 13.2 Å². The van der Waals surface area contributed by atoms with E-state index in [0.29, 0.717) is 17.1 Å². The number of aliphatic hydroxyl groups is 1. The van der Waals surface area contributed by atoms with Crippen LogP contribution in [0.3, 0.4) is 0 Å². The van der Waals surface area contributed by atoms with Crippen LogP contribution in [0, 0.1) is 0 Å². The minimum absolute atomic E-state index is 0. The molecule has 4 nitrogen and oxygen atoms in total. The first kappa shape index (κ1) is 14.1. The molecule has 0 saturated carbocycles. The number of halogens is 1. The molecule has 1 aliphatic heterocycles.